The van der Waals surface area contributed by atoms with E-state index in [0.29, 0.717) is 18.1 Å². The van der Waals surface area contributed by atoms with E-state index >= 15 is 0 Å². The van der Waals surface area contributed by atoms with Gasteiger partial charge < -0.3 is 5.73 Å². The third-order valence-electron chi connectivity index (χ3n) is 3.50. The van der Waals surface area contributed by atoms with Crippen LogP contribution >= 0.6 is 0 Å². The molecule has 1 unspecified atom stereocenters. The Balaban J connectivity index is 1.89. The fourth-order valence-electron chi connectivity index (χ4n) is 2.16. The van der Waals surface area contributed by atoms with Gasteiger partial charge in [-0.3, -0.25) is 4.79 Å². The van der Waals surface area contributed by atoms with Crippen LogP contribution in [0.5, 0.6) is 0 Å². The summed E-state index contributed by atoms with van der Waals surface area (Å²) in [7, 11) is 0. The largest absolute Gasteiger partial charge is 0.327 e. The molecule has 0 radical (unpaired) electrons. The molecule has 0 aromatic rings. The SMILES string of the molecule is CCCCCCCCC(=O)CC(N)C1CC1. The van der Waals surface area contributed by atoms with Gasteiger partial charge in [-0.15, -0.1) is 0 Å². The van der Waals surface area contributed by atoms with Crippen LogP contribution in [0.3, 0.4) is 0 Å². The molecule has 1 fully saturated rings. The first-order valence-electron chi connectivity index (χ1n) is 7.01. The summed E-state index contributed by atoms with van der Waals surface area (Å²) in [6, 6.07) is 0.160. The Morgan fingerprint density at radius 3 is 2.44 bits per heavy atom. The zero-order valence-electron chi connectivity index (χ0n) is 10.7. The van der Waals surface area contributed by atoms with Crippen LogP contribution in [0.25, 0.3) is 0 Å². The van der Waals surface area contributed by atoms with Gasteiger partial charge in [0, 0.05) is 18.9 Å². The Morgan fingerprint density at radius 1 is 1.19 bits per heavy atom. The van der Waals surface area contributed by atoms with E-state index in [1.165, 1.54) is 44.9 Å². The number of rotatable bonds is 10. The fraction of sp³-hybridized carbons (Fsp3) is 0.929. The van der Waals surface area contributed by atoms with Crippen molar-refractivity contribution < 1.29 is 4.79 Å². The van der Waals surface area contributed by atoms with Crippen molar-refractivity contribution >= 4 is 5.78 Å². The highest BCUT2D eigenvalue weighted by atomic mass is 16.1. The fourth-order valence-corrected chi connectivity index (χ4v) is 2.16. The Hall–Kier alpha value is -0.370. The van der Waals surface area contributed by atoms with Gasteiger partial charge in [-0.25, -0.2) is 0 Å². The lowest BCUT2D eigenvalue weighted by Gasteiger charge is -2.08. The highest BCUT2D eigenvalue weighted by molar-refractivity contribution is 5.79. The van der Waals surface area contributed by atoms with Gasteiger partial charge in [0.2, 0.25) is 0 Å². The number of unbranched alkanes of at least 4 members (excludes halogenated alkanes) is 5. The van der Waals surface area contributed by atoms with Gasteiger partial charge in [-0.05, 0) is 25.2 Å². The second-order valence-corrected chi connectivity index (χ2v) is 5.26. The Morgan fingerprint density at radius 2 is 1.81 bits per heavy atom. The molecule has 0 heterocycles. The van der Waals surface area contributed by atoms with Crippen LogP contribution in [-0.4, -0.2) is 11.8 Å². The summed E-state index contributed by atoms with van der Waals surface area (Å²) in [5.74, 6) is 1.04. The predicted molar refractivity (Wildman–Crippen MR) is 68.3 cm³/mol. The van der Waals surface area contributed by atoms with E-state index in [1.807, 2.05) is 0 Å². The van der Waals surface area contributed by atoms with Crippen molar-refractivity contribution in [3.05, 3.63) is 0 Å². The third kappa shape index (κ3) is 6.26. The van der Waals surface area contributed by atoms with Crippen LogP contribution in [-0.2, 0) is 4.79 Å². The smallest absolute Gasteiger partial charge is 0.134 e. The second kappa shape index (κ2) is 7.83. The van der Waals surface area contributed by atoms with Crippen LogP contribution in [0.1, 0.15) is 71.1 Å². The maximum Gasteiger partial charge on any atom is 0.134 e. The summed E-state index contributed by atoms with van der Waals surface area (Å²) in [5, 5.41) is 0. The third-order valence-corrected chi connectivity index (χ3v) is 3.50. The molecule has 1 saturated carbocycles. The molecule has 0 bridgehead atoms. The highest BCUT2D eigenvalue weighted by Crippen LogP contribution is 2.33. The summed E-state index contributed by atoms with van der Waals surface area (Å²) in [6.45, 7) is 2.22. The van der Waals surface area contributed by atoms with Crippen molar-refractivity contribution in [3.63, 3.8) is 0 Å². The normalized spacial score (nSPS) is 17.4. The quantitative estimate of drug-likeness (QED) is 0.579. The van der Waals surface area contributed by atoms with Gasteiger partial charge in [0.25, 0.3) is 0 Å². The number of hydrogen-bond acceptors (Lipinski definition) is 2. The average molecular weight is 225 g/mol. The van der Waals surface area contributed by atoms with Gasteiger partial charge in [-0.2, -0.15) is 0 Å². The molecule has 1 atom stereocenters. The summed E-state index contributed by atoms with van der Waals surface area (Å²) in [5.41, 5.74) is 5.93. The van der Waals surface area contributed by atoms with E-state index in [0.717, 1.165) is 12.8 Å². The molecule has 2 heteroatoms. The maximum atomic E-state index is 11.6. The number of carbonyl (C=O) groups excluding carboxylic acids is 1. The summed E-state index contributed by atoms with van der Waals surface area (Å²) in [4.78, 5) is 11.6. The molecule has 2 N–H and O–H groups in total. The summed E-state index contributed by atoms with van der Waals surface area (Å²) >= 11 is 0. The van der Waals surface area contributed by atoms with Crippen molar-refractivity contribution in [2.24, 2.45) is 11.7 Å². The highest BCUT2D eigenvalue weighted by Gasteiger charge is 2.29. The van der Waals surface area contributed by atoms with Crippen LogP contribution in [0.4, 0.5) is 0 Å². The van der Waals surface area contributed by atoms with Crippen molar-refractivity contribution in [1.29, 1.82) is 0 Å². The molecule has 0 aromatic carbocycles. The van der Waals surface area contributed by atoms with E-state index in [9.17, 15) is 4.79 Å². The van der Waals surface area contributed by atoms with E-state index in [1.54, 1.807) is 0 Å². The molecular weight excluding hydrogens is 198 g/mol. The van der Waals surface area contributed by atoms with Crippen molar-refractivity contribution in [1.82, 2.24) is 0 Å². The Labute approximate surface area is 100.0 Å². The first-order valence-corrected chi connectivity index (χ1v) is 7.01. The van der Waals surface area contributed by atoms with E-state index in [4.69, 9.17) is 5.73 Å². The molecule has 1 aliphatic carbocycles. The number of hydrogen-bond donors (Lipinski definition) is 1. The van der Waals surface area contributed by atoms with Gasteiger partial charge in [0.15, 0.2) is 0 Å². The van der Waals surface area contributed by atoms with Gasteiger partial charge in [0.05, 0.1) is 0 Å². The molecule has 94 valence electrons. The molecular formula is C14H27NO. The van der Waals surface area contributed by atoms with E-state index in [2.05, 4.69) is 6.92 Å². The molecule has 1 rings (SSSR count). The molecule has 0 aromatic heterocycles. The van der Waals surface area contributed by atoms with Crippen molar-refractivity contribution in [2.75, 3.05) is 0 Å². The molecule has 1 aliphatic rings. The van der Waals surface area contributed by atoms with E-state index < -0.39 is 0 Å². The van der Waals surface area contributed by atoms with Crippen molar-refractivity contribution in [2.45, 2.75) is 77.2 Å². The summed E-state index contributed by atoms with van der Waals surface area (Å²) < 4.78 is 0. The van der Waals surface area contributed by atoms with Gasteiger partial charge in [-0.1, -0.05) is 39.0 Å². The minimum absolute atomic E-state index is 0.160. The zero-order valence-corrected chi connectivity index (χ0v) is 10.7. The molecule has 0 saturated heterocycles. The van der Waals surface area contributed by atoms with Crippen LogP contribution in [0, 0.1) is 5.92 Å². The van der Waals surface area contributed by atoms with Crippen molar-refractivity contribution in [3.8, 4) is 0 Å². The number of carbonyl (C=O) groups is 1. The number of ketones is 1. The van der Waals surface area contributed by atoms with Crippen LogP contribution < -0.4 is 5.73 Å². The molecule has 16 heavy (non-hydrogen) atoms. The first kappa shape index (κ1) is 13.7. The molecule has 0 aliphatic heterocycles. The maximum absolute atomic E-state index is 11.6. The standard InChI is InChI=1S/C14H27NO/c1-2-3-4-5-6-7-8-13(16)11-14(15)12-9-10-12/h12,14H,2-11,15H2,1H3. The lowest BCUT2D eigenvalue weighted by molar-refractivity contribution is -0.119. The van der Waals surface area contributed by atoms with Gasteiger partial charge in [0.1, 0.15) is 5.78 Å². The Kier molecular flexibility index (Phi) is 6.70. The topological polar surface area (TPSA) is 43.1 Å². The number of Topliss-reactive ketones (excluding diaryl/α,β-unsaturated/α-hetero) is 1. The zero-order chi connectivity index (χ0) is 11.8. The number of nitrogens with two attached hydrogens (primary N) is 1. The van der Waals surface area contributed by atoms with Crippen LogP contribution in [0.2, 0.25) is 0 Å². The monoisotopic (exact) mass is 225 g/mol. The average Bonchev–Trinajstić information content (AvgIpc) is 3.06. The lowest BCUT2D eigenvalue weighted by atomic mass is 10.0. The van der Waals surface area contributed by atoms with E-state index in [-0.39, 0.29) is 6.04 Å². The molecule has 2 nitrogen and oxygen atoms in total. The Bertz CT molecular complexity index is 199. The van der Waals surface area contributed by atoms with Crippen LogP contribution in [0.15, 0.2) is 0 Å². The minimum Gasteiger partial charge on any atom is -0.327 e. The lowest BCUT2D eigenvalue weighted by Crippen LogP contribution is -2.25. The summed E-state index contributed by atoms with van der Waals surface area (Å²) in [6.07, 6.45) is 11.4. The second-order valence-electron chi connectivity index (χ2n) is 5.26. The molecule has 0 amide bonds. The van der Waals surface area contributed by atoms with Gasteiger partial charge >= 0.3 is 0 Å². The molecule has 0 spiro atoms. The minimum atomic E-state index is 0.160. The predicted octanol–water partition coefficient (Wildman–Crippen LogP) is 3.43. The first-order chi connectivity index (χ1) is 7.74.